The van der Waals surface area contributed by atoms with E-state index in [0.29, 0.717) is 17.4 Å². The summed E-state index contributed by atoms with van der Waals surface area (Å²) in [6.45, 7) is 3.74. The van der Waals surface area contributed by atoms with E-state index in [2.05, 4.69) is 16.8 Å². The van der Waals surface area contributed by atoms with Crippen LogP contribution in [0.1, 0.15) is 23.8 Å². The number of nitrogens with zero attached hydrogens (tertiary/aromatic N) is 2. The zero-order chi connectivity index (χ0) is 14.0. The van der Waals surface area contributed by atoms with Gasteiger partial charge in [0.05, 0.1) is 11.8 Å². The van der Waals surface area contributed by atoms with Gasteiger partial charge in [-0.15, -0.1) is 0 Å². The fourth-order valence-corrected chi connectivity index (χ4v) is 2.38. The zero-order valence-electron chi connectivity index (χ0n) is 11.3. The van der Waals surface area contributed by atoms with Crippen LogP contribution >= 0.6 is 0 Å². The Balaban J connectivity index is 2.26. The lowest BCUT2D eigenvalue weighted by atomic mass is 9.96. The van der Waals surface area contributed by atoms with Gasteiger partial charge in [0.1, 0.15) is 5.69 Å². The number of nitrogens with two attached hydrogens (primary N) is 2. The van der Waals surface area contributed by atoms with Gasteiger partial charge in [0, 0.05) is 20.2 Å². The van der Waals surface area contributed by atoms with Crippen molar-refractivity contribution in [3.8, 4) is 0 Å². The quantitative estimate of drug-likeness (QED) is 0.834. The summed E-state index contributed by atoms with van der Waals surface area (Å²) < 4.78 is 5.47. The van der Waals surface area contributed by atoms with Gasteiger partial charge in [-0.2, -0.15) is 0 Å². The van der Waals surface area contributed by atoms with Gasteiger partial charge in [-0.25, -0.2) is 4.98 Å². The smallest absolute Gasteiger partial charge is 0.267 e. The minimum absolute atomic E-state index is 0.146. The first kappa shape index (κ1) is 13.6. The van der Waals surface area contributed by atoms with Crippen LogP contribution in [0, 0.1) is 5.92 Å². The topological polar surface area (TPSA) is 94.5 Å². The maximum atomic E-state index is 11.2. The lowest BCUT2D eigenvalue weighted by Crippen LogP contribution is -2.44. The lowest BCUT2D eigenvalue weighted by molar-refractivity contribution is 0.0497. The van der Waals surface area contributed by atoms with Crippen LogP contribution in [0.3, 0.4) is 0 Å². The van der Waals surface area contributed by atoms with E-state index < -0.39 is 5.91 Å². The number of carbonyl (C=O) groups excluding carboxylic acids is 1. The highest BCUT2D eigenvalue weighted by atomic mass is 16.5. The number of ether oxygens (including phenoxy) is 1. The summed E-state index contributed by atoms with van der Waals surface area (Å²) in [5.41, 5.74) is 12.0. The molecular weight excluding hydrogens is 244 g/mol. The molecule has 0 aliphatic carbocycles. The van der Waals surface area contributed by atoms with E-state index in [0.717, 1.165) is 19.5 Å². The second-order valence-electron chi connectivity index (χ2n) is 4.96. The average Bonchev–Trinajstić information content (AvgIpc) is 2.40. The molecule has 19 heavy (non-hydrogen) atoms. The molecule has 2 rings (SSSR count). The molecular formula is C13H20N4O2. The molecule has 1 fully saturated rings. The van der Waals surface area contributed by atoms with E-state index in [9.17, 15) is 4.79 Å². The first-order chi connectivity index (χ1) is 9.02. The maximum Gasteiger partial charge on any atom is 0.267 e. The minimum atomic E-state index is -0.546. The fourth-order valence-electron chi connectivity index (χ4n) is 2.38. The number of piperidine rings is 1. The molecule has 4 N–H and O–H groups in total. The summed E-state index contributed by atoms with van der Waals surface area (Å²) in [6, 6.07) is 3.21. The van der Waals surface area contributed by atoms with Crippen LogP contribution in [-0.4, -0.2) is 37.2 Å². The molecule has 2 atom stereocenters. The molecule has 104 valence electrons. The number of carbonyl (C=O) groups is 1. The monoisotopic (exact) mass is 264 g/mol. The highest BCUT2D eigenvalue weighted by molar-refractivity contribution is 5.91. The molecule has 0 radical (unpaired) electrons. The number of anilines is 2. The number of methoxy groups -OCH3 is 1. The van der Waals surface area contributed by atoms with Gasteiger partial charge in [0.15, 0.2) is 5.82 Å². The number of aromatic nitrogens is 1. The third kappa shape index (κ3) is 2.78. The van der Waals surface area contributed by atoms with E-state index in [1.165, 1.54) is 0 Å². The second kappa shape index (κ2) is 5.44. The Morgan fingerprint density at radius 1 is 1.53 bits per heavy atom. The molecule has 1 aromatic rings. The van der Waals surface area contributed by atoms with Crippen LogP contribution < -0.4 is 16.4 Å². The van der Waals surface area contributed by atoms with E-state index in [4.69, 9.17) is 16.2 Å². The van der Waals surface area contributed by atoms with Crippen molar-refractivity contribution in [3.05, 3.63) is 17.8 Å². The summed E-state index contributed by atoms with van der Waals surface area (Å²) in [5, 5.41) is 0. The van der Waals surface area contributed by atoms with Gasteiger partial charge in [0.2, 0.25) is 0 Å². The van der Waals surface area contributed by atoms with Gasteiger partial charge in [-0.1, -0.05) is 6.92 Å². The van der Waals surface area contributed by atoms with E-state index in [1.807, 2.05) is 0 Å². The SMILES string of the molecule is COC1CN(c2nc(C(N)=O)ccc2N)CCC1C. The predicted octanol–water partition coefficient (Wildman–Crippen LogP) is 0.624. The Kier molecular flexibility index (Phi) is 3.90. The Hall–Kier alpha value is -1.82. The van der Waals surface area contributed by atoms with Crippen LogP contribution in [0.4, 0.5) is 11.5 Å². The molecule has 2 unspecified atom stereocenters. The number of hydrogen-bond acceptors (Lipinski definition) is 5. The molecule has 6 heteroatoms. The van der Waals surface area contributed by atoms with Crippen LogP contribution in [0.2, 0.25) is 0 Å². The normalized spacial score (nSPS) is 23.4. The average molecular weight is 264 g/mol. The molecule has 0 bridgehead atoms. The van der Waals surface area contributed by atoms with Gasteiger partial charge in [-0.3, -0.25) is 4.79 Å². The third-order valence-electron chi connectivity index (χ3n) is 3.65. The van der Waals surface area contributed by atoms with E-state index >= 15 is 0 Å². The molecule has 1 aliphatic rings. The molecule has 6 nitrogen and oxygen atoms in total. The van der Waals surface area contributed by atoms with Crippen molar-refractivity contribution in [1.82, 2.24) is 4.98 Å². The van der Waals surface area contributed by atoms with Crippen molar-refractivity contribution in [2.45, 2.75) is 19.4 Å². The number of primary amides is 1. The van der Waals surface area contributed by atoms with Gasteiger partial charge >= 0.3 is 0 Å². The minimum Gasteiger partial charge on any atom is -0.396 e. The third-order valence-corrected chi connectivity index (χ3v) is 3.65. The standard InChI is InChI=1S/C13H20N4O2/c1-8-5-6-17(7-11(8)19-2)13-9(14)3-4-10(16-13)12(15)18/h3-4,8,11H,5-7,14H2,1-2H3,(H2,15,18). The highest BCUT2D eigenvalue weighted by Gasteiger charge is 2.28. The number of hydrogen-bond donors (Lipinski definition) is 2. The molecule has 1 saturated heterocycles. The zero-order valence-corrected chi connectivity index (χ0v) is 11.3. The summed E-state index contributed by atoms with van der Waals surface area (Å²) in [5.74, 6) is 0.571. The van der Waals surface area contributed by atoms with Crippen LogP contribution in [-0.2, 0) is 4.74 Å². The predicted molar refractivity (Wildman–Crippen MR) is 74.0 cm³/mol. The number of nitrogen functional groups attached to an aromatic ring is 1. The molecule has 1 amide bonds. The first-order valence-corrected chi connectivity index (χ1v) is 6.37. The summed E-state index contributed by atoms with van der Waals surface area (Å²) in [4.78, 5) is 17.5. The van der Waals surface area contributed by atoms with Crippen molar-refractivity contribution < 1.29 is 9.53 Å². The summed E-state index contributed by atoms with van der Waals surface area (Å²) in [6.07, 6.45) is 1.15. The van der Waals surface area contributed by atoms with Crippen molar-refractivity contribution in [2.24, 2.45) is 11.7 Å². The van der Waals surface area contributed by atoms with Gasteiger partial charge < -0.3 is 21.1 Å². The van der Waals surface area contributed by atoms with Gasteiger partial charge in [0.25, 0.3) is 5.91 Å². The second-order valence-corrected chi connectivity index (χ2v) is 4.96. The van der Waals surface area contributed by atoms with Crippen LogP contribution in [0.25, 0.3) is 0 Å². The van der Waals surface area contributed by atoms with E-state index in [-0.39, 0.29) is 11.8 Å². The summed E-state index contributed by atoms with van der Waals surface area (Å²) >= 11 is 0. The van der Waals surface area contributed by atoms with Crippen LogP contribution in [0.15, 0.2) is 12.1 Å². The Morgan fingerprint density at radius 2 is 2.26 bits per heavy atom. The van der Waals surface area contributed by atoms with Crippen molar-refractivity contribution in [2.75, 3.05) is 30.8 Å². The van der Waals surface area contributed by atoms with Crippen LogP contribution in [0.5, 0.6) is 0 Å². The Bertz CT molecular complexity index is 478. The number of pyridine rings is 1. The maximum absolute atomic E-state index is 11.2. The molecule has 0 aromatic carbocycles. The fraction of sp³-hybridized carbons (Fsp3) is 0.538. The number of rotatable bonds is 3. The largest absolute Gasteiger partial charge is 0.396 e. The Labute approximate surface area is 112 Å². The molecule has 1 aliphatic heterocycles. The highest BCUT2D eigenvalue weighted by Crippen LogP contribution is 2.27. The van der Waals surface area contributed by atoms with E-state index in [1.54, 1.807) is 19.2 Å². The number of amides is 1. The molecule has 0 saturated carbocycles. The van der Waals surface area contributed by atoms with Crippen molar-refractivity contribution in [3.63, 3.8) is 0 Å². The van der Waals surface area contributed by atoms with Gasteiger partial charge in [-0.05, 0) is 24.5 Å². The molecule has 2 heterocycles. The summed E-state index contributed by atoms with van der Waals surface area (Å²) in [7, 11) is 1.71. The first-order valence-electron chi connectivity index (χ1n) is 6.37. The van der Waals surface area contributed by atoms with Crippen molar-refractivity contribution in [1.29, 1.82) is 0 Å². The molecule has 1 aromatic heterocycles. The lowest BCUT2D eigenvalue weighted by Gasteiger charge is -2.37. The molecule has 0 spiro atoms. The Morgan fingerprint density at radius 3 is 2.89 bits per heavy atom. The van der Waals surface area contributed by atoms with Crippen molar-refractivity contribution >= 4 is 17.4 Å².